The van der Waals surface area contributed by atoms with Crippen molar-refractivity contribution in [2.24, 2.45) is 10.1 Å². The van der Waals surface area contributed by atoms with E-state index in [-0.39, 0.29) is 0 Å². The van der Waals surface area contributed by atoms with Gasteiger partial charge < -0.3 is 14.2 Å². The van der Waals surface area contributed by atoms with Crippen LogP contribution < -0.4 is 19.0 Å². The molecule has 1 heterocycles. The zero-order valence-corrected chi connectivity index (χ0v) is 19.4. The lowest BCUT2D eigenvalue weighted by atomic mass is 10.2. The van der Waals surface area contributed by atoms with E-state index in [1.807, 2.05) is 46.5 Å². The monoisotopic (exact) mass is 487 g/mol. The van der Waals surface area contributed by atoms with Gasteiger partial charge in [0.15, 0.2) is 11.5 Å². The van der Waals surface area contributed by atoms with Gasteiger partial charge in [0, 0.05) is 21.0 Å². The molecule has 0 saturated heterocycles. The van der Waals surface area contributed by atoms with Crippen LogP contribution in [0.2, 0.25) is 0 Å². The molecule has 3 rings (SSSR count). The first-order valence-corrected chi connectivity index (χ1v) is 10.7. The van der Waals surface area contributed by atoms with Gasteiger partial charge in [-0.2, -0.15) is 5.10 Å². The largest absolute Gasteiger partial charge is 0.493 e. The Morgan fingerprint density at radius 3 is 2.40 bits per heavy atom. The predicted molar refractivity (Wildman–Crippen MR) is 125 cm³/mol. The lowest BCUT2D eigenvalue weighted by molar-refractivity contribution is 0.324. The van der Waals surface area contributed by atoms with Gasteiger partial charge in [-0.1, -0.05) is 40.2 Å². The summed E-state index contributed by atoms with van der Waals surface area (Å²) in [5.41, 5.74) is 2.76. The van der Waals surface area contributed by atoms with Crippen LogP contribution in [0.1, 0.15) is 5.56 Å². The van der Waals surface area contributed by atoms with Crippen LogP contribution in [-0.4, -0.2) is 38.8 Å². The third kappa shape index (κ3) is 4.66. The summed E-state index contributed by atoms with van der Waals surface area (Å²) in [4.78, 5) is 5.34. The van der Waals surface area contributed by atoms with Gasteiger partial charge in [-0.05, 0) is 18.2 Å². The van der Waals surface area contributed by atoms with Gasteiger partial charge in [0.05, 0.1) is 39.8 Å². The second-order valence-corrected chi connectivity index (χ2v) is 7.72. The first-order chi connectivity index (χ1) is 14.6. The number of aromatic nitrogens is 1. The van der Waals surface area contributed by atoms with Crippen LogP contribution in [0.3, 0.4) is 0 Å². The molecule has 6 nitrogen and oxygen atoms in total. The zero-order chi connectivity index (χ0) is 21.5. The van der Waals surface area contributed by atoms with Crippen molar-refractivity contribution >= 4 is 33.5 Å². The predicted octanol–water partition coefficient (Wildman–Crippen LogP) is 4.97. The molecule has 156 valence electrons. The van der Waals surface area contributed by atoms with E-state index >= 15 is 0 Å². The lowest BCUT2D eigenvalue weighted by Gasteiger charge is -2.12. The molecule has 0 amide bonds. The van der Waals surface area contributed by atoms with Gasteiger partial charge in [-0.15, -0.1) is 17.9 Å². The highest BCUT2D eigenvalue weighted by atomic mass is 79.9. The van der Waals surface area contributed by atoms with Gasteiger partial charge in [0.2, 0.25) is 10.6 Å². The SMILES string of the molecule is C=CCN=c1scc(-c2ccccc2Br)n1N=Cc1cc(OC)c(OC)c(OC)c1. The van der Waals surface area contributed by atoms with Crippen molar-refractivity contribution < 1.29 is 14.2 Å². The fourth-order valence-corrected chi connectivity index (χ4v) is 4.14. The van der Waals surface area contributed by atoms with Crippen molar-refractivity contribution in [3.63, 3.8) is 0 Å². The molecule has 0 N–H and O–H groups in total. The average molecular weight is 488 g/mol. The molecular formula is C22H22BrN3O3S. The third-order valence-electron chi connectivity index (χ3n) is 4.20. The Morgan fingerprint density at radius 1 is 1.10 bits per heavy atom. The highest BCUT2D eigenvalue weighted by molar-refractivity contribution is 9.10. The van der Waals surface area contributed by atoms with Crippen LogP contribution in [0.4, 0.5) is 0 Å². The van der Waals surface area contributed by atoms with E-state index in [9.17, 15) is 0 Å². The van der Waals surface area contributed by atoms with E-state index in [0.717, 1.165) is 26.1 Å². The maximum Gasteiger partial charge on any atom is 0.206 e. The maximum absolute atomic E-state index is 5.43. The van der Waals surface area contributed by atoms with Crippen molar-refractivity contribution in [1.82, 2.24) is 4.68 Å². The van der Waals surface area contributed by atoms with E-state index < -0.39 is 0 Å². The standard InChI is InChI=1S/C22H22BrN3O3S/c1-5-10-24-22-26(18(14-30-22)16-8-6-7-9-17(16)23)25-13-15-11-19(27-2)21(29-4)20(12-15)28-3/h5-9,11-14H,1,10H2,2-4H3. The molecule has 0 aliphatic carbocycles. The summed E-state index contributed by atoms with van der Waals surface area (Å²) in [5.74, 6) is 1.67. The van der Waals surface area contributed by atoms with Crippen LogP contribution in [0.15, 0.2) is 69.0 Å². The molecule has 0 atom stereocenters. The van der Waals surface area contributed by atoms with Crippen LogP contribution in [0.25, 0.3) is 11.3 Å². The Morgan fingerprint density at radius 2 is 1.80 bits per heavy atom. The van der Waals surface area contributed by atoms with Crippen LogP contribution >= 0.6 is 27.3 Å². The number of halogens is 1. The van der Waals surface area contributed by atoms with Crippen LogP contribution in [0, 0.1) is 0 Å². The molecule has 0 bridgehead atoms. The normalized spacial score (nSPS) is 11.7. The molecular weight excluding hydrogens is 466 g/mol. The summed E-state index contributed by atoms with van der Waals surface area (Å²) >= 11 is 5.15. The number of ether oxygens (including phenoxy) is 3. The smallest absolute Gasteiger partial charge is 0.206 e. The summed E-state index contributed by atoms with van der Waals surface area (Å²) < 4.78 is 19.1. The Bertz CT molecular complexity index is 1110. The van der Waals surface area contributed by atoms with Gasteiger partial charge in [0.1, 0.15) is 0 Å². The molecule has 0 radical (unpaired) electrons. The van der Waals surface area contributed by atoms with E-state index in [1.165, 1.54) is 11.3 Å². The Hall–Kier alpha value is -2.84. The van der Waals surface area contributed by atoms with E-state index in [1.54, 1.807) is 33.6 Å². The van der Waals surface area contributed by atoms with Crippen molar-refractivity contribution in [2.75, 3.05) is 27.9 Å². The summed E-state index contributed by atoms with van der Waals surface area (Å²) in [6, 6.07) is 11.7. The highest BCUT2D eigenvalue weighted by Gasteiger charge is 2.13. The Labute approximate surface area is 187 Å². The Balaban J connectivity index is 2.12. The van der Waals surface area contributed by atoms with Crippen molar-refractivity contribution in [1.29, 1.82) is 0 Å². The van der Waals surface area contributed by atoms with Gasteiger partial charge in [-0.25, -0.2) is 4.68 Å². The first kappa shape index (κ1) is 21.9. The molecule has 0 saturated carbocycles. The number of hydrogen-bond acceptors (Lipinski definition) is 6. The quantitative estimate of drug-likeness (QED) is 0.332. The number of nitrogens with zero attached hydrogens (tertiary/aromatic N) is 3. The molecule has 0 unspecified atom stereocenters. The van der Waals surface area contributed by atoms with Crippen molar-refractivity contribution in [3.05, 3.63) is 69.3 Å². The first-order valence-electron chi connectivity index (χ1n) is 9.04. The number of thiazole rings is 1. The molecule has 8 heteroatoms. The average Bonchev–Trinajstić information content (AvgIpc) is 3.17. The van der Waals surface area contributed by atoms with Crippen LogP contribution in [0.5, 0.6) is 17.2 Å². The zero-order valence-electron chi connectivity index (χ0n) is 17.0. The van der Waals surface area contributed by atoms with Gasteiger partial charge in [0.25, 0.3) is 0 Å². The number of benzene rings is 2. The Kier molecular flexibility index (Phi) is 7.48. The summed E-state index contributed by atoms with van der Waals surface area (Å²) in [6.07, 6.45) is 3.50. The molecule has 1 aromatic heterocycles. The van der Waals surface area contributed by atoms with Crippen LogP contribution in [-0.2, 0) is 0 Å². The number of rotatable bonds is 8. The topological polar surface area (TPSA) is 57.3 Å². The molecule has 0 spiro atoms. The molecule has 0 fully saturated rings. The lowest BCUT2D eigenvalue weighted by Crippen LogP contribution is -2.12. The maximum atomic E-state index is 5.43. The minimum absolute atomic E-state index is 0.510. The van der Waals surface area contributed by atoms with Crippen molar-refractivity contribution in [3.8, 4) is 28.5 Å². The van der Waals surface area contributed by atoms with E-state index in [0.29, 0.717) is 23.8 Å². The molecule has 3 aromatic rings. The second-order valence-electron chi connectivity index (χ2n) is 6.03. The van der Waals surface area contributed by atoms with E-state index in [2.05, 4.69) is 27.5 Å². The van der Waals surface area contributed by atoms with Gasteiger partial charge in [-0.3, -0.25) is 4.99 Å². The molecule has 2 aromatic carbocycles. The fourth-order valence-electron chi connectivity index (χ4n) is 2.82. The summed E-state index contributed by atoms with van der Waals surface area (Å²) in [7, 11) is 4.75. The molecule has 0 aliphatic heterocycles. The summed E-state index contributed by atoms with van der Waals surface area (Å²) in [6.45, 7) is 4.26. The van der Waals surface area contributed by atoms with E-state index in [4.69, 9.17) is 19.3 Å². The summed E-state index contributed by atoms with van der Waals surface area (Å²) in [5, 5.41) is 6.75. The molecule has 0 aliphatic rings. The second kappa shape index (κ2) is 10.3. The van der Waals surface area contributed by atoms with Gasteiger partial charge >= 0.3 is 0 Å². The number of hydrogen-bond donors (Lipinski definition) is 0. The fraction of sp³-hybridized carbons (Fsp3) is 0.182. The minimum atomic E-state index is 0.510. The highest BCUT2D eigenvalue weighted by Crippen LogP contribution is 2.37. The minimum Gasteiger partial charge on any atom is -0.493 e. The third-order valence-corrected chi connectivity index (χ3v) is 5.75. The number of methoxy groups -OCH3 is 3. The molecule has 30 heavy (non-hydrogen) atoms. The van der Waals surface area contributed by atoms with Crippen molar-refractivity contribution in [2.45, 2.75) is 0 Å².